The number of pyridine rings is 1. The first kappa shape index (κ1) is 26.4. The largest absolute Gasteiger partial charge is 0.469 e. The second kappa shape index (κ2) is 11.3. The number of rotatable bonds is 7. The Morgan fingerprint density at radius 1 is 1.10 bits per heavy atom. The summed E-state index contributed by atoms with van der Waals surface area (Å²) in [4.78, 5) is 35.8. The Morgan fingerprint density at radius 3 is 2.75 bits per heavy atom. The van der Waals surface area contributed by atoms with E-state index in [0.29, 0.717) is 29.3 Å². The first-order valence-electron chi connectivity index (χ1n) is 13.8. The summed E-state index contributed by atoms with van der Waals surface area (Å²) in [5.41, 5.74) is 2.69. The van der Waals surface area contributed by atoms with Crippen molar-refractivity contribution in [3.63, 3.8) is 0 Å². The van der Waals surface area contributed by atoms with Gasteiger partial charge in [0.2, 0.25) is 11.8 Å². The van der Waals surface area contributed by atoms with Crippen molar-refractivity contribution in [1.82, 2.24) is 14.9 Å². The summed E-state index contributed by atoms with van der Waals surface area (Å²) < 4.78 is 31.4. The van der Waals surface area contributed by atoms with Crippen LogP contribution in [0.15, 0.2) is 59.1 Å². The fourth-order valence-electron chi connectivity index (χ4n) is 5.95. The third-order valence-corrected chi connectivity index (χ3v) is 8.10. The monoisotopic (exact) mass is 545 g/mol. The number of nitrogens with zero attached hydrogens (tertiary/aromatic N) is 3. The molecule has 3 heterocycles. The normalized spacial score (nSPS) is 23.1. The van der Waals surface area contributed by atoms with Crippen LogP contribution in [0.3, 0.4) is 0 Å². The van der Waals surface area contributed by atoms with Gasteiger partial charge in [-0.05, 0) is 54.8 Å². The zero-order valence-corrected chi connectivity index (χ0v) is 22.4. The molecule has 0 spiro atoms. The Bertz CT molecular complexity index is 1520. The van der Waals surface area contributed by atoms with Crippen LogP contribution in [0.4, 0.5) is 4.39 Å². The lowest BCUT2D eigenvalue weighted by atomic mass is 9.87. The van der Waals surface area contributed by atoms with Crippen molar-refractivity contribution in [1.29, 1.82) is 0 Å². The van der Waals surface area contributed by atoms with Crippen LogP contribution in [0, 0.1) is 5.92 Å². The van der Waals surface area contributed by atoms with E-state index in [9.17, 15) is 14.0 Å². The number of amides is 1. The molecule has 8 nitrogen and oxygen atoms in total. The molecular weight excluding hydrogens is 513 g/mol. The molecule has 2 aliphatic rings. The number of likely N-dealkylation sites (tertiary alicyclic amines) is 1. The molecule has 2 aromatic heterocycles. The highest BCUT2D eigenvalue weighted by molar-refractivity contribution is 5.93. The summed E-state index contributed by atoms with van der Waals surface area (Å²) in [7, 11) is 1.41. The highest BCUT2D eigenvalue weighted by Crippen LogP contribution is 2.31. The molecule has 40 heavy (non-hydrogen) atoms. The summed E-state index contributed by atoms with van der Waals surface area (Å²) in [6.07, 6.45) is 4.03. The van der Waals surface area contributed by atoms with Gasteiger partial charge in [0.25, 0.3) is 0 Å². The van der Waals surface area contributed by atoms with Crippen LogP contribution in [0.25, 0.3) is 33.5 Å². The smallest absolute Gasteiger partial charge is 0.308 e. The number of hydrogen-bond acceptors (Lipinski definition) is 7. The summed E-state index contributed by atoms with van der Waals surface area (Å²) in [5.74, 6) is 0.0350. The van der Waals surface area contributed by atoms with Gasteiger partial charge in [-0.25, -0.2) is 9.37 Å². The van der Waals surface area contributed by atoms with E-state index in [1.807, 2.05) is 48.5 Å². The molecule has 0 radical (unpaired) electrons. The second-order valence-corrected chi connectivity index (χ2v) is 10.7. The van der Waals surface area contributed by atoms with Gasteiger partial charge in [-0.3, -0.25) is 14.6 Å². The minimum atomic E-state index is -1.07. The topological polar surface area (TPSA) is 94.8 Å². The number of aromatic nitrogens is 2. The Labute approximate surface area is 231 Å². The molecule has 4 aromatic rings. The first-order valence-corrected chi connectivity index (χ1v) is 13.8. The molecule has 2 aromatic carbocycles. The minimum absolute atomic E-state index is 0.01000. The van der Waals surface area contributed by atoms with Crippen molar-refractivity contribution >= 4 is 33.7 Å². The number of methoxy groups -OCH3 is 1. The average Bonchev–Trinajstić information content (AvgIpc) is 3.58. The van der Waals surface area contributed by atoms with E-state index >= 15 is 0 Å². The lowest BCUT2D eigenvalue weighted by Crippen LogP contribution is -2.40. The number of fused-ring (bicyclic) bond motifs is 2. The summed E-state index contributed by atoms with van der Waals surface area (Å²) in [6.45, 7) is 0.367. The van der Waals surface area contributed by atoms with E-state index in [2.05, 4.69) is 9.97 Å². The number of carbonyl (C=O) groups excluding carboxylic acids is 2. The van der Waals surface area contributed by atoms with Gasteiger partial charge in [-0.1, -0.05) is 30.3 Å². The molecule has 0 bridgehead atoms. The first-order chi connectivity index (χ1) is 19.5. The summed E-state index contributed by atoms with van der Waals surface area (Å²) in [6, 6.07) is 15.1. The van der Waals surface area contributed by atoms with E-state index in [1.165, 1.54) is 7.11 Å². The fraction of sp³-hybridized carbons (Fsp3) is 0.419. The number of hydrogen-bond donors (Lipinski definition) is 0. The number of esters is 1. The van der Waals surface area contributed by atoms with Crippen molar-refractivity contribution in [2.75, 3.05) is 20.3 Å². The van der Waals surface area contributed by atoms with E-state index < -0.39 is 6.17 Å². The van der Waals surface area contributed by atoms with E-state index in [-0.39, 0.29) is 49.3 Å². The van der Waals surface area contributed by atoms with Crippen molar-refractivity contribution < 1.29 is 27.9 Å². The molecular formula is C31H32FN3O5. The van der Waals surface area contributed by atoms with Crippen LogP contribution in [0.2, 0.25) is 0 Å². The molecule has 208 valence electrons. The summed E-state index contributed by atoms with van der Waals surface area (Å²) in [5, 5.41) is 2.00. The van der Waals surface area contributed by atoms with Crippen molar-refractivity contribution in [3.8, 4) is 11.6 Å². The van der Waals surface area contributed by atoms with Gasteiger partial charge in [-0.15, -0.1) is 0 Å². The molecule has 2 fully saturated rings. The van der Waals surface area contributed by atoms with E-state index in [1.54, 1.807) is 11.1 Å². The number of benzene rings is 2. The number of carbonyl (C=O) groups is 2. The molecule has 1 aliphatic carbocycles. The van der Waals surface area contributed by atoms with Crippen molar-refractivity contribution in [3.05, 3.63) is 60.3 Å². The summed E-state index contributed by atoms with van der Waals surface area (Å²) >= 11 is 0. The Morgan fingerprint density at radius 2 is 1.93 bits per heavy atom. The van der Waals surface area contributed by atoms with Crippen LogP contribution in [0.5, 0.6) is 0 Å². The Hall–Kier alpha value is -3.85. The number of alkyl halides is 1. The maximum atomic E-state index is 14.4. The molecule has 6 rings (SSSR count). The second-order valence-electron chi connectivity index (χ2n) is 10.7. The zero-order chi connectivity index (χ0) is 27.6. The molecule has 1 aliphatic heterocycles. The number of oxazole rings is 1. The molecule has 1 saturated heterocycles. The van der Waals surface area contributed by atoms with Gasteiger partial charge < -0.3 is 18.8 Å². The van der Waals surface area contributed by atoms with Crippen LogP contribution in [-0.4, -0.2) is 65.3 Å². The van der Waals surface area contributed by atoms with Gasteiger partial charge in [0, 0.05) is 18.0 Å². The maximum Gasteiger partial charge on any atom is 0.308 e. The average molecular weight is 546 g/mol. The van der Waals surface area contributed by atoms with Gasteiger partial charge in [-0.2, -0.15) is 0 Å². The fourth-order valence-corrected chi connectivity index (χ4v) is 5.95. The van der Waals surface area contributed by atoms with Gasteiger partial charge >= 0.3 is 5.97 Å². The molecule has 0 unspecified atom stereocenters. The Kier molecular flexibility index (Phi) is 7.47. The van der Waals surface area contributed by atoms with E-state index in [0.717, 1.165) is 42.0 Å². The zero-order valence-electron chi connectivity index (χ0n) is 22.4. The van der Waals surface area contributed by atoms with Crippen molar-refractivity contribution in [2.24, 2.45) is 5.92 Å². The maximum absolute atomic E-state index is 14.4. The lowest BCUT2D eigenvalue weighted by Gasteiger charge is -2.30. The molecule has 1 saturated carbocycles. The molecule has 1 amide bonds. The molecule has 9 heteroatoms. The van der Waals surface area contributed by atoms with Gasteiger partial charge in [0.15, 0.2) is 5.58 Å². The van der Waals surface area contributed by atoms with Crippen LogP contribution < -0.4 is 0 Å². The number of ether oxygens (including phenoxy) is 2. The van der Waals surface area contributed by atoms with Gasteiger partial charge in [0.05, 0.1) is 44.7 Å². The lowest BCUT2D eigenvalue weighted by molar-refractivity contribution is -0.148. The third-order valence-electron chi connectivity index (χ3n) is 8.10. The highest BCUT2D eigenvalue weighted by atomic mass is 19.1. The predicted octanol–water partition coefficient (Wildman–Crippen LogP) is 5.27. The standard InChI is InChI=1S/C31H32FN3O5/c1-38-31(37)21-7-9-24(10-8-21)39-18-23-16-22(32)17-35(23)28(36)15-19-6-11-26-27(14-19)40-30(34-26)29-25-5-3-2-4-20(25)12-13-33-29/h2-6,11-14,21-24H,7-10,15-18H2,1H3/t21-,22-,23-,24-/m0/s1. The van der Waals surface area contributed by atoms with E-state index in [4.69, 9.17) is 13.9 Å². The predicted molar refractivity (Wildman–Crippen MR) is 147 cm³/mol. The molecule has 0 N–H and O–H groups in total. The SMILES string of the molecule is COC(=O)[C@H]1CC[C@H](OC[C@@H]2C[C@H](F)CN2C(=O)Cc2ccc3nc(-c4nccc5ccccc45)oc3c2)CC1. The Balaban J connectivity index is 1.11. The quantitative estimate of drug-likeness (QED) is 0.292. The highest BCUT2D eigenvalue weighted by Gasteiger charge is 2.36. The van der Waals surface area contributed by atoms with Crippen LogP contribution in [0.1, 0.15) is 37.7 Å². The van der Waals surface area contributed by atoms with Crippen LogP contribution in [-0.2, 0) is 25.5 Å². The number of halogens is 1. The molecule has 2 atom stereocenters. The van der Waals surface area contributed by atoms with Crippen LogP contribution >= 0.6 is 0 Å². The van der Waals surface area contributed by atoms with Crippen molar-refractivity contribution in [2.45, 2.75) is 56.8 Å². The third kappa shape index (κ3) is 5.43. The minimum Gasteiger partial charge on any atom is -0.469 e. The van der Waals surface area contributed by atoms with Gasteiger partial charge in [0.1, 0.15) is 17.4 Å².